The Labute approximate surface area is 120 Å². The van der Waals surface area contributed by atoms with E-state index in [2.05, 4.69) is 12.0 Å². The summed E-state index contributed by atoms with van der Waals surface area (Å²) in [5, 5.41) is 4.05. The van der Waals surface area contributed by atoms with E-state index in [0.717, 1.165) is 12.8 Å². The predicted molar refractivity (Wildman–Crippen MR) is 76.8 cm³/mol. The van der Waals surface area contributed by atoms with Gasteiger partial charge in [0.2, 0.25) is 10.0 Å². The van der Waals surface area contributed by atoms with E-state index in [1.165, 1.54) is 10.5 Å². The molecule has 0 aliphatic carbocycles. The Balaban J connectivity index is 2.79. The van der Waals surface area contributed by atoms with Crippen LogP contribution in [0.3, 0.4) is 0 Å². The maximum Gasteiger partial charge on any atom is 0.245 e. The van der Waals surface area contributed by atoms with Gasteiger partial charge in [-0.1, -0.05) is 20.3 Å². The van der Waals surface area contributed by atoms with Crippen LogP contribution in [0.5, 0.6) is 0 Å². The lowest BCUT2D eigenvalue weighted by Crippen LogP contribution is -2.30. The van der Waals surface area contributed by atoms with E-state index in [4.69, 9.17) is 11.6 Å². The van der Waals surface area contributed by atoms with Crippen LogP contribution in [0.25, 0.3) is 0 Å². The van der Waals surface area contributed by atoms with Crippen LogP contribution in [0.4, 0.5) is 0 Å². The third-order valence-electron chi connectivity index (χ3n) is 3.10. The molecule has 0 amide bonds. The Morgan fingerprint density at radius 2 is 2.21 bits per heavy atom. The van der Waals surface area contributed by atoms with Crippen molar-refractivity contribution >= 4 is 21.6 Å². The summed E-state index contributed by atoms with van der Waals surface area (Å²) < 4.78 is 27.6. The van der Waals surface area contributed by atoms with Crippen molar-refractivity contribution in [1.82, 2.24) is 14.1 Å². The molecule has 0 aliphatic rings. The number of alkyl halides is 1. The molecule has 0 aliphatic heterocycles. The van der Waals surface area contributed by atoms with Gasteiger partial charge >= 0.3 is 0 Å². The molecule has 7 heteroatoms. The van der Waals surface area contributed by atoms with Gasteiger partial charge in [0.05, 0.1) is 6.20 Å². The first-order valence-corrected chi connectivity index (χ1v) is 8.44. The molecule has 0 radical (unpaired) electrons. The second-order valence-corrected chi connectivity index (χ2v) is 7.20. The Morgan fingerprint density at radius 3 is 2.79 bits per heavy atom. The Bertz CT molecular complexity index is 487. The van der Waals surface area contributed by atoms with Gasteiger partial charge in [-0.25, -0.2) is 12.7 Å². The van der Waals surface area contributed by atoms with Gasteiger partial charge in [0.25, 0.3) is 0 Å². The average molecular weight is 308 g/mol. The van der Waals surface area contributed by atoms with Crippen LogP contribution in [0.2, 0.25) is 0 Å². The van der Waals surface area contributed by atoms with Gasteiger partial charge in [-0.05, 0) is 12.3 Å². The van der Waals surface area contributed by atoms with Crippen molar-refractivity contribution in [1.29, 1.82) is 0 Å². The molecule has 0 N–H and O–H groups in total. The average Bonchev–Trinajstić information content (AvgIpc) is 2.85. The molecule has 1 aromatic heterocycles. The summed E-state index contributed by atoms with van der Waals surface area (Å²) in [6, 6.07) is 0. The van der Waals surface area contributed by atoms with E-state index < -0.39 is 10.0 Å². The molecule has 5 nitrogen and oxygen atoms in total. The van der Waals surface area contributed by atoms with Crippen molar-refractivity contribution in [3.8, 4) is 0 Å². The number of halogens is 1. The number of aryl methyl sites for hydroxylation is 1. The van der Waals surface area contributed by atoms with Crippen LogP contribution in [-0.4, -0.2) is 42.0 Å². The molecule has 0 fully saturated rings. The summed E-state index contributed by atoms with van der Waals surface area (Å²) in [5.41, 5.74) is 0. The van der Waals surface area contributed by atoms with E-state index in [1.54, 1.807) is 17.9 Å². The lowest BCUT2D eigenvalue weighted by molar-refractivity contribution is 0.393. The third-order valence-corrected chi connectivity index (χ3v) is 5.15. The highest BCUT2D eigenvalue weighted by Crippen LogP contribution is 2.15. The molecule has 1 unspecified atom stereocenters. The van der Waals surface area contributed by atoms with Crippen LogP contribution in [0.1, 0.15) is 26.7 Å². The van der Waals surface area contributed by atoms with E-state index in [1.807, 2.05) is 6.92 Å². The van der Waals surface area contributed by atoms with Crippen molar-refractivity contribution in [2.45, 2.75) is 38.1 Å². The number of hydrogen-bond donors (Lipinski definition) is 0. The molecule has 0 saturated carbocycles. The van der Waals surface area contributed by atoms with Crippen molar-refractivity contribution in [2.75, 3.05) is 19.5 Å². The highest BCUT2D eigenvalue weighted by Gasteiger charge is 2.23. The van der Waals surface area contributed by atoms with Crippen molar-refractivity contribution in [2.24, 2.45) is 5.92 Å². The molecule has 1 rings (SSSR count). The first kappa shape index (κ1) is 16.5. The molecular formula is C12H22ClN3O2S. The fourth-order valence-electron chi connectivity index (χ4n) is 1.67. The number of hydrogen-bond acceptors (Lipinski definition) is 3. The first-order valence-electron chi connectivity index (χ1n) is 6.46. The standard InChI is InChI=1S/C12H22ClN3O2S/c1-4-11(2)9-15(3)19(17,18)12-8-14-16(10-12)7-5-6-13/h8,10-11H,4-7,9H2,1-3H3. The third kappa shape index (κ3) is 4.47. The molecule has 0 bridgehead atoms. The minimum absolute atomic E-state index is 0.243. The van der Waals surface area contributed by atoms with Gasteiger partial charge in [-0.3, -0.25) is 4.68 Å². The molecule has 0 aromatic carbocycles. The summed E-state index contributed by atoms with van der Waals surface area (Å²) in [6.45, 7) is 5.24. The smallest absolute Gasteiger partial charge is 0.245 e. The molecule has 1 aromatic rings. The van der Waals surface area contributed by atoms with Gasteiger partial charge < -0.3 is 0 Å². The van der Waals surface area contributed by atoms with Crippen LogP contribution >= 0.6 is 11.6 Å². The zero-order valence-electron chi connectivity index (χ0n) is 11.7. The summed E-state index contributed by atoms with van der Waals surface area (Å²) in [4.78, 5) is 0.243. The van der Waals surface area contributed by atoms with Gasteiger partial charge in [-0.2, -0.15) is 5.10 Å². The quantitative estimate of drug-likeness (QED) is 0.692. The van der Waals surface area contributed by atoms with Crippen molar-refractivity contribution in [3.05, 3.63) is 12.4 Å². The number of nitrogens with zero attached hydrogens (tertiary/aromatic N) is 3. The maximum atomic E-state index is 12.3. The molecule has 19 heavy (non-hydrogen) atoms. The number of rotatable bonds is 8. The SMILES string of the molecule is CCC(C)CN(C)S(=O)(=O)c1cnn(CCCCl)c1. The summed E-state index contributed by atoms with van der Waals surface area (Å²) in [7, 11) is -1.82. The van der Waals surface area contributed by atoms with Gasteiger partial charge in [0.1, 0.15) is 4.90 Å². The van der Waals surface area contributed by atoms with Crippen LogP contribution < -0.4 is 0 Å². The summed E-state index contributed by atoms with van der Waals surface area (Å²) in [6.07, 6.45) is 4.69. The number of sulfonamides is 1. The van der Waals surface area contributed by atoms with Crippen molar-refractivity contribution in [3.63, 3.8) is 0 Å². The fourth-order valence-corrected chi connectivity index (χ4v) is 3.03. The Hall–Kier alpha value is -0.590. The lowest BCUT2D eigenvalue weighted by atomic mass is 10.1. The van der Waals surface area contributed by atoms with E-state index in [9.17, 15) is 8.42 Å². The monoisotopic (exact) mass is 307 g/mol. The molecule has 110 valence electrons. The maximum absolute atomic E-state index is 12.3. The normalized spacial score (nSPS) is 13.9. The zero-order chi connectivity index (χ0) is 14.5. The Kier molecular flexibility index (Phi) is 6.29. The van der Waals surface area contributed by atoms with E-state index in [-0.39, 0.29) is 4.90 Å². The molecule has 1 atom stereocenters. The van der Waals surface area contributed by atoms with Crippen LogP contribution in [0.15, 0.2) is 17.3 Å². The van der Waals surface area contributed by atoms with Crippen LogP contribution in [-0.2, 0) is 16.6 Å². The van der Waals surface area contributed by atoms with Gasteiger partial charge in [0.15, 0.2) is 0 Å². The highest BCUT2D eigenvalue weighted by atomic mass is 35.5. The first-order chi connectivity index (χ1) is 8.91. The second-order valence-electron chi connectivity index (χ2n) is 4.78. The number of aromatic nitrogens is 2. The second kappa shape index (κ2) is 7.26. The predicted octanol–water partition coefficient (Wildman–Crippen LogP) is 2.18. The van der Waals surface area contributed by atoms with E-state index >= 15 is 0 Å². The minimum atomic E-state index is -3.43. The summed E-state index contributed by atoms with van der Waals surface area (Å²) >= 11 is 5.60. The molecular weight excluding hydrogens is 286 g/mol. The van der Waals surface area contributed by atoms with E-state index in [0.29, 0.717) is 24.9 Å². The van der Waals surface area contributed by atoms with Gasteiger partial charge in [-0.15, -0.1) is 11.6 Å². The van der Waals surface area contributed by atoms with Crippen molar-refractivity contribution < 1.29 is 8.42 Å². The fraction of sp³-hybridized carbons (Fsp3) is 0.750. The molecule has 0 spiro atoms. The lowest BCUT2D eigenvalue weighted by Gasteiger charge is -2.19. The Morgan fingerprint density at radius 1 is 1.53 bits per heavy atom. The summed E-state index contributed by atoms with van der Waals surface area (Å²) in [5.74, 6) is 0.877. The van der Waals surface area contributed by atoms with Crippen LogP contribution in [0, 0.1) is 5.92 Å². The zero-order valence-corrected chi connectivity index (χ0v) is 13.3. The highest BCUT2D eigenvalue weighted by molar-refractivity contribution is 7.89. The topological polar surface area (TPSA) is 55.2 Å². The minimum Gasteiger partial charge on any atom is -0.271 e. The molecule has 0 saturated heterocycles. The molecule has 1 heterocycles. The van der Waals surface area contributed by atoms with Gasteiger partial charge in [0, 0.05) is 32.2 Å². The largest absolute Gasteiger partial charge is 0.271 e.